The smallest absolute Gasteiger partial charge is 0.327 e. The highest BCUT2D eigenvalue weighted by Gasteiger charge is 2.34. The fourth-order valence-electron chi connectivity index (χ4n) is 3.63. The maximum atomic E-state index is 12.0. The highest BCUT2D eigenvalue weighted by atomic mass is 32.2. The van der Waals surface area contributed by atoms with Crippen LogP contribution in [0, 0.1) is 11.8 Å². The lowest BCUT2D eigenvalue weighted by Crippen LogP contribution is -2.15. The van der Waals surface area contributed by atoms with E-state index in [0.717, 1.165) is 36.7 Å². The first-order valence-electron chi connectivity index (χ1n) is 11.8. The maximum Gasteiger partial charge on any atom is 0.327 e. The zero-order valence-electron chi connectivity index (χ0n) is 19.7. The molecule has 0 saturated carbocycles. The molecule has 0 aromatic rings. The molecule has 7 heteroatoms. The number of carboxylic acid groups (broad SMARTS) is 1. The molecule has 6 nitrogen and oxygen atoms in total. The van der Waals surface area contributed by atoms with Crippen molar-refractivity contribution in [3.8, 4) is 0 Å². The Kier molecular flexibility index (Phi) is 14.3. The zero-order chi connectivity index (χ0) is 23.9. The van der Waals surface area contributed by atoms with Crippen molar-refractivity contribution >= 4 is 23.7 Å². The van der Waals surface area contributed by atoms with Crippen molar-refractivity contribution in [3.05, 3.63) is 35.0 Å². The van der Waals surface area contributed by atoms with Crippen molar-refractivity contribution in [3.63, 3.8) is 0 Å². The lowest BCUT2D eigenvalue weighted by Gasteiger charge is -2.17. The van der Waals surface area contributed by atoms with Gasteiger partial charge in [0.25, 0.3) is 0 Å². The van der Waals surface area contributed by atoms with Crippen LogP contribution in [-0.2, 0) is 14.3 Å². The van der Waals surface area contributed by atoms with E-state index in [1.54, 1.807) is 12.2 Å². The van der Waals surface area contributed by atoms with Crippen molar-refractivity contribution in [2.45, 2.75) is 90.8 Å². The number of thioether (sulfide) groups is 1. The van der Waals surface area contributed by atoms with Gasteiger partial charge in [0.2, 0.25) is 0 Å². The molecule has 32 heavy (non-hydrogen) atoms. The molecule has 0 unspecified atom stereocenters. The van der Waals surface area contributed by atoms with Gasteiger partial charge in [-0.15, -0.1) is 11.8 Å². The Hall–Kier alpha value is -1.57. The third-order valence-corrected chi connectivity index (χ3v) is 6.65. The molecule has 1 aliphatic rings. The number of carboxylic acids is 1. The summed E-state index contributed by atoms with van der Waals surface area (Å²) >= 11 is 1.53. The molecule has 182 valence electrons. The second kappa shape index (κ2) is 16.1. The second-order valence-corrected chi connectivity index (χ2v) is 9.61. The predicted molar refractivity (Wildman–Crippen MR) is 129 cm³/mol. The maximum absolute atomic E-state index is 12.0. The van der Waals surface area contributed by atoms with E-state index in [9.17, 15) is 19.8 Å². The summed E-state index contributed by atoms with van der Waals surface area (Å²) in [5.41, 5.74) is 0. The standard InChI is InChI=1S/C25H40O6S/c1-4-6-11-18(3)16-19(26)13-14-20-21(27)17-22(31-24(30)10-5-2)25(20)32-15-9-7-8-12-23(28)29/h8,12-14,18-21,26-27H,4-7,9-11,15-17H2,1-3H3,(H,28,29)/t18-,19-,20+,21-/m1/s1. The van der Waals surface area contributed by atoms with Crippen LogP contribution in [0.3, 0.4) is 0 Å². The van der Waals surface area contributed by atoms with Crippen molar-refractivity contribution in [1.29, 1.82) is 0 Å². The number of carbonyl (C=O) groups excluding carboxylic acids is 1. The number of rotatable bonds is 16. The molecular formula is C25H40O6S. The van der Waals surface area contributed by atoms with Crippen LogP contribution in [0.25, 0.3) is 0 Å². The Labute approximate surface area is 196 Å². The molecule has 3 N–H and O–H groups in total. The topological polar surface area (TPSA) is 104 Å². The minimum atomic E-state index is -0.961. The lowest BCUT2D eigenvalue weighted by molar-refractivity contribution is -0.139. The first-order chi connectivity index (χ1) is 15.3. The van der Waals surface area contributed by atoms with Gasteiger partial charge in [-0.1, -0.05) is 58.3 Å². The zero-order valence-corrected chi connectivity index (χ0v) is 20.5. The largest absolute Gasteiger partial charge is 0.478 e. The Balaban J connectivity index is 2.81. The molecular weight excluding hydrogens is 428 g/mol. The van der Waals surface area contributed by atoms with Crippen LogP contribution in [0.2, 0.25) is 0 Å². The summed E-state index contributed by atoms with van der Waals surface area (Å²) < 4.78 is 5.56. The molecule has 1 rings (SSSR count). The summed E-state index contributed by atoms with van der Waals surface area (Å²) in [5, 5.41) is 29.7. The van der Waals surface area contributed by atoms with Crippen LogP contribution in [0.5, 0.6) is 0 Å². The van der Waals surface area contributed by atoms with Gasteiger partial charge in [-0.05, 0) is 37.4 Å². The first-order valence-corrected chi connectivity index (χ1v) is 12.8. The van der Waals surface area contributed by atoms with Crippen LogP contribution < -0.4 is 0 Å². The molecule has 0 amide bonds. The van der Waals surface area contributed by atoms with Gasteiger partial charge in [-0.25, -0.2) is 4.79 Å². The number of carbonyl (C=O) groups is 2. The van der Waals surface area contributed by atoms with E-state index >= 15 is 0 Å². The second-order valence-electron chi connectivity index (χ2n) is 8.48. The third kappa shape index (κ3) is 11.3. The lowest BCUT2D eigenvalue weighted by atomic mass is 9.96. The highest BCUT2D eigenvalue weighted by Crippen LogP contribution is 2.41. The fraction of sp³-hybridized carbons (Fsp3) is 0.680. The monoisotopic (exact) mass is 468 g/mol. The Morgan fingerprint density at radius 3 is 2.66 bits per heavy atom. The van der Waals surface area contributed by atoms with Crippen LogP contribution in [0.1, 0.15) is 78.6 Å². The average Bonchev–Trinajstić information content (AvgIpc) is 3.01. The summed E-state index contributed by atoms with van der Waals surface area (Å²) in [5.74, 6) is 0.0738. The van der Waals surface area contributed by atoms with E-state index < -0.39 is 18.2 Å². The number of hydrogen-bond donors (Lipinski definition) is 3. The summed E-state index contributed by atoms with van der Waals surface area (Å²) in [4.78, 5) is 23.4. The van der Waals surface area contributed by atoms with Gasteiger partial charge in [-0.3, -0.25) is 4.79 Å². The molecule has 0 aromatic carbocycles. The van der Waals surface area contributed by atoms with E-state index in [1.165, 1.54) is 11.8 Å². The van der Waals surface area contributed by atoms with E-state index in [1.807, 2.05) is 13.0 Å². The SMILES string of the molecule is CCCC[C@@H](C)C[C@H](O)C=C[C@@H]1C(SCCCC=CC(=O)O)=C(OC(=O)CCC)C[C@H]1O. The van der Waals surface area contributed by atoms with Crippen LogP contribution in [0.15, 0.2) is 35.0 Å². The number of aliphatic hydroxyl groups is 2. The van der Waals surface area contributed by atoms with Gasteiger partial charge in [-0.2, -0.15) is 0 Å². The Bertz CT molecular complexity index is 669. The minimum absolute atomic E-state index is 0.273. The molecule has 0 fully saturated rings. The number of allylic oxidation sites excluding steroid dienone is 1. The molecule has 0 heterocycles. The molecule has 0 saturated heterocycles. The normalized spacial score (nSPS) is 20.9. The molecule has 0 spiro atoms. The van der Waals surface area contributed by atoms with Gasteiger partial charge in [0.05, 0.1) is 12.2 Å². The van der Waals surface area contributed by atoms with Crippen molar-refractivity contribution in [1.82, 2.24) is 0 Å². The Morgan fingerprint density at radius 2 is 2.00 bits per heavy atom. The highest BCUT2D eigenvalue weighted by molar-refractivity contribution is 8.03. The van der Waals surface area contributed by atoms with Crippen molar-refractivity contribution < 1.29 is 29.6 Å². The average molecular weight is 469 g/mol. The summed E-state index contributed by atoms with van der Waals surface area (Å²) in [6.45, 7) is 6.21. The number of esters is 1. The van der Waals surface area contributed by atoms with E-state index in [2.05, 4.69) is 13.8 Å². The molecule has 1 aliphatic carbocycles. The minimum Gasteiger partial charge on any atom is -0.478 e. The summed E-state index contributed by atoms with van der Waals surface area (Å²) in [6, 6.07) is 0. The third-order valence-electron chi connectivity index (χ3n) is 5.35. The number of unbranched alkanes of at least 4 members (excludes halogenated alkanes) is 2. The number of ether oxygens (including phenoxy) is 1. The summed E-state index contributed by atoms with van der Waals surface area (Å²) in [7, 11) is 0. The predicted octanol–water partition coefficient (Wildman–Crippen LogP) is 5.21. The van der Waals surface area contributed by atoms with Gasteiger partial charge in [0, 0.05) is 29.7 Å². The molecule has 0 bridgehead atoms. The van der Waals surface area contributed by atoms with Crippen molar-refractivity contribution in [2.24, 2.45) is 11.8 Å². The number of hydrogen-bond acceptors (Lipinski definition) is 6. The van der Waals surface area contributed by atoms with Gasteiger partial charge < -0.3 is 20.1 Å². The van der Waals surface area contributed by atoms with E-state index in [4.69, 9.17) is 9.84 Å². The van der Waals surface area contributed by atoms with Gasteiger partial charge >= 0.3 is 11.9 Å². The molecule has 0 aromatic heterocycles. The quantitative estimate of drug-likeness (QED) is 0.124. The molecule has 0 aliphatic heterocycles. The van der Waals surface area contributed by atoms with Crippen LogP contribution in [0.4, 0.5) is 0 Å². The number of aliphatic hydroxyl groups excluding tert-OH is 2. The Morgan fingerprint density at radius 1 is 1.25 bits per heavy atom. The van der Waals surface area contributed by atoms with E-state index in [0.29, 0.717) is 43.1 Å². The first kappa shape index (κ1) is 28.5. The van der Waals surface area contributed by atoms with Gasteiger partial charge in [0.15, 0.2) is 0 Å². The number of aliphatic carboxylic acids is 1. The van der Waals surface area contributed by atoms with Gasteiger partial charge in [0.1, 0.15) is 5.76 Å². The van der Waals surface area contributed by atoms with Crippen molar-refractivity contribution in [2.75, 3.05) is 5.75 Å². The van der Waals surface area contributed by atoms with E-state index in [-0.39, 0.29) is 18.3 Å². The fourth-order valence-corrected chi connectivity index (χ4v) is 4.88. The summed E-state index contributed by atoms with van der Waals surface area (Å²) in [6.07, 6.45) is 11.8. The molecule has 4 atom stereocenters. The molecule has 0 radical (unpaired) electrons. The van der Waals surface area contributed by atoms with Crippen LogP contribution >= 0.6 is 11.8 Å². The van der Waals surface area contributed by atoms with Crippen LogP contribution in [-0.4, -0.2) is 45.2 Å².